The Bertz CT molecular complexity index is 3210. The molecule has 2 aromatic heterocycles. The third-order valence-electron chi connectivity index (χ3n) is 11.4. The van der Waals surface area contributed by atoms with Gasteiger partial charge >= 0.3 is 0 Å². The van der Waals surface area contributed by atoms with E-state index in [1.807, 2.05) is 24.3 Å². The molecule has 2 heterocycles. The van der Waals surface area contributed by atoms with Crippen LogP contribution in [0, 0.1) is 0 Å². The molecular formula is C57H37N3O. The Morgan fingerprint density at radius 3 is 1.23 bits per heavy atom. The second kappa shape index (κ2) is 15.5. The molecule has 0 saturated carbocycles. The summed E-state index contributed by atoms with van der Waals surface area (Å²) in [5, 5.41) is 2.16. The summed E-state index contributed by atoms with van der Waals surface area (Å²) in [6.45, 7) is 0. The molecule has 0 unspecified atom stereocenters. The van der Waals surface area contributed by atoms with Gasteiger partial charge < -0.3 is 4.42 Å². The zero-order valence-electron chi connectivity index (χ0n) is 33.1. The van der Waals surface area contributed by atoms with Crippen molar-refractivity contribution >= 4 is 21.9 Å². The molecule has 4 heteroatoms. The van der Waals surface area contributed by atoms with Crippen molar-refractivity contribution in [2.45, 2.75) is 0 Å². The summed E-state index contributed by atoms with van der Waals surface area (Å²) in [4.78, 5) is 15.9. The van der Waals surface area contributed by atoms with Gasteiger partial charge in [0.15, 0.2) is 17.5 Å². The van der Waals surface area contributed by atoms with E-state index < -0.39 is 0 Å². The van der Waals surface area contributed by atoms with Crippen molar-refractivity contribution in [3.05, 3.63) is 224 Å². The van der Waals surface area contributed by atoms with Gasteiger partial charge in [-0.3, -0.25) is 0 Å². The SMILES string of the molecule is c1ccc(-c2ccc(-c3nc(-c4ccc(-c5ccccc5)cc4)nc(-c4cc(-c5ccccc5)cc(-c5cccc6c5oc5ccccc56)c4-c4ccccc4)n3)cc2)cc1. The van der Waals surface area contributed by atoms with Gasteiger partial charge in [0.1, 0.15) is 11.2 Å². The van der Waals surface area contributed by atoms with Crippen LogP contribution in [0.2, 0.25) is 0 Å². The molecule has 61 heavy (non-hydrogen) atoms. The summed E-state index contributed by atoms with van der Waals surface area (Å²) in [5.74, 6) is 1.77. The lowest BCUT2D eigenvalue weighted by Crippen LogP contribution is -2.02. The van der Waals surface area contributed by atoms with Crippen LogP contribution in [0.3, 0.4) is 0 Å². The predicted octanol–water partition coefficient (Wildman–Crippen LogP) is 15.1. The molecule has 11 rings (SSSR count). The van der Waals surface area contributed by atoms with Gasteiger partial charge in [0.2, 0.25) is 0 Å². The third kappa shape index (κ3) is 6.86. The summed E-state index contributed by atoms with van der Waals surface area (Å²) in [6.07, 6.45) is 0. The monoisotopic (exact) mass is 779 g/mol. The van der Waals surface area contributed by atoms with Crippen LogP contribution in [0.5, 0.6) is 0 Å². The van der Waals surface area contributed by atoms with E-state index in [1.165, 1.54) is 0 Å². The first-order chi connectivity index (χ1) is 30.2. The molecule has 0 N–H and O–H groups in total. The number of nitrogens with zero attached hydrogens (tertiary/aromatic N) is 3. The average molecular weight is 780 g/mol. The molecule has 286 valence electrons. The first kappa shape index (κ1) is 35.9. The predicted molar refractivity (Wildman–Crippen MR) is 251 cm³/mol. The maximum Gasteiger partial charge on any atom is 0.164 e. The van der Waals surface area contributed by atoms with E-state index in [1.54, 1.807) is 0 Å². The lowest BCUT2D eigenvalue weighted by Gasteiger charge is -2.19. The molecule has 4 nitrogen and oxygen atoms in total. The number of hydrogen-bond donors (Lipinski definition) is 0. The van der Waals surface area contributed by atoms with Crippen molar-refractivity contribution < 1.29 is 4.42 Å². The molecule has 11 aromatic rings. The molecule has 0 amide bonds. The van der Waals surface area contributed by atoms with E-state index >= 15 is 0 Å². The lowest BCUT2D eigenvalue weighted by molar-refractivity contribution is 0.670. The maximum absolute atomic E-state index is 6.72. The normalized spacial score (nSPS) is 11.3. The molecule has 0 atom stereocenters. The average Bonchev–Trinajstić information content (AvgIpc) is 3.74. The highest BCUT2D eigenvalue weighted by molar-refractivity contribution is 6.11. The molecule has 0 aliphatic carbocycles. The fraction of sp³-hybridized carbons (Fsp3) is 0. The van der Waals surface area contributed by atoms with Crippen LogP contribution in [0.15, 0.2) is 229 Å². The van der Waals surface area contributed by atoms with Gasteiger partial charge in [-0.25, -0.2) is 15.0 Å². The Hall–Kier alpha value is -8.21. The minimum atomic E-state index is 0.578. The standard InChI is InChI=1S/C57H37N3O/c1-5-16-38(17-6-1)41-28-32-44(33-29-41)55-58-56(45-34-30-42(31-35-45)39-18-7-2-8-19-39)60-57(59-55)51-37-46(40-20-9-3-10-21-40)36-50(53(51)43-22-11-4-12-23-43)49-26-15-25-48-47-24-13-14-27-52(47)61-54(48)49/h1-37H. The first-order valence-corrected chi connectivity index (χ1v) is 20.5. The lowest BCUT2D eigenvalue weighted by atomic mass is 9.86. The highest BCUT2D eigenvalue weighted by Gasteiger charge is 2.23. The maximum atomic E-state index is 6.72. The third-order valence-corrected chi connectivity index (χ3v) is 11.4. The van der Waals surface area contributed by atoms with Gasteiger partial charge in [0.05, 0.1) is 0 Å². The second-order valence-corrected chi connectivity index (χ2v) is 15.2. The van der Waals surface area contributed by atoms with Gasteiger partial charge in [-0.2, -0.15) is 0 Å². The Labute approximate surface area is 354 Å². The van der Waals surface area contributed by atoms with Gasteiger partial charge in [-0.15, -0.1) is 0 Å². The number of furan rings is 1. The van der Waals surface area contributed by atoms with Crippen molar-refractivity contribution in [2.24, 2.45) is 0 Å². The van der Waals surface area contributed by atoms with Crippen molar-refractivity contribution in [1.82, 2.24) is 15.0 Å². The highest BCUT2D eigenvalue weighted by Crippen LogP contribution is 2.46. The largest absolute Gasteiger partial charge is 0.455 e. The summed E-state index contributed by atoms with van der Waals surface area (Å²) in [6, 6.07) is 78.1. The highest BCUT2D eigenvalue weighted by atomic mass is 16.3. The molecule has 0 saturated heterocycles. The van der Waals surface area contributed by atoms with Gasteiger partial charge in [-0.1, -0.05) is 206 Å². The second-order valence-electron chi connectivity index (χ2n) is 15.2. The van der Waals surface area contributed by atoms with E-state index in [2.05, 4.69) is 200 Å². The van der Waals surface area contributed by atoms with Crippen molar-refractivity contribution in [1.29, 1.82) is 0 Å². The number of fused-ring (bicyclic) bond motifs is 3. The first-order valence-electron chi connectivity index (χ1n) is 20.5. The summed E-state index contributed by atoms with van der Waals surface area (Å²) in [7, 11) is 0. The number of benzene rings is 9. The van der Waals surface area contributed by atoms with Gasteiger partial charge in [-0.05, 0) is 62.7 Å². The molecule has 9 aromatic carbocycles. The van der Waals surface area contributed by atoms with Gasteiger partial charge in [0.25, 0.3) is 0 Å². The van der Waals surface area contributed by atoms with E-state index in [0.717, 1.165) is 94.3 Å². The van der Waals surface area contributed by atoms with Crippen molar-refractivity contribution in [3.8, 4) is 89.8 Å². The zero-order valence-corrected chi connectivity index (χ0v) is 33.1. The van der Waals surface area contributed by atoms with Crippen molar-refractivity contribution in [3.63, 3.8) is 0 Å². The smallest absolute Gasteiger partial charge is 0.164 e. The van der Waals surface area contributed by atoms with E-state index in [-0.39, 0.29) is 0 Å². The van der Waals surface area contributed by atoms with Crippen LogP contribution in [-0.4, -0.2) is 15.0 Å². The number of rotatable bonds is 8. The molecule has 0 spiro atoms. The van der Waals surface area contributed by atoms with Crippen LogP contribution < -0.4 is 0 Å². The van der Waals surface area contributed by atoms with Crippen LogP contribution in [0.1, 0.15) is 0 Å². The summed E-state index contributed by atoms with van der Waals surface area (Å²) >= 11 is 0. The number of para-hydroxylation sites is 2. The molecule has 0 aliphatic heterocycles. The summed E-state index contributed by atoms with van der Waals surface area (Å²) in [5.41, 5.74) is 15.2. The molecule has 0 aliphatic rings. The fourth-order valence-electron chi connectivity index (χ4n) is 8.34. The number of aromatic nitrogens is 3. The Morgan fingerprint density at radius 2 is 0.672 bits per heavy atom. The Morgan fingerprint density at radius 1 is 0.262 bits per heavy atom. The molecule has 0 radical (unpaired) electrons. The zero-order chi connectivity index (χ0) is 40.5. The fourth-order valence-corrected chi connectivity index (χ4v) is 8.34. The van der Waals surface area contributed by atoms with Crippen LogP contribution >= 0.6 is 0 Å². The van der Waals surface area contributed by atoms with Crippen LogP contribution in [0.4, 0.5) is 0 Å². The Balaban J connectivity index is 1.18. The topological polar surface area (TPSA) is 51.8 Å². The van der Waals surface area contributed by atoms with E-state index in [4.69, 9.17) is 19.4 Å². The van der Waals surface area contributed by atoms with Crippen LogP contribution in [-0.2, 0) is 0 Å². The number of hydrogen-bond acceptors (Lipinski definition) is 4. The van der Waals surface area contributed by atoms with E-state index in [0.29, 0.717) is 17.5 Å². The summed E-state index contributed by atoms with van der Waals surface area (Å²) < 4.78 is 6.72. The minimum Gasteiger partial charge on any atom is -0.455 e. The molecular weight excluding hydrogens is 743 g/mol. The minimum absolute atomic E-state index is 0.578. The Kier molecular flexibility index (Phi) is 9.14. The van der Waals surface area contributed by atoms with Crippen molar-refractivity contribution in [2.75, 3.05) is 0 Å². The van der Waals surface area contributed by atoms with E-state index in [9.17, 15) is 0 Å². The van der Waals surface area contributed by atoms with Gasteiger partial charge in [0, 0.05) is 38.6 Å². The molecule has 0 fully saturated rings. The van der Waals surface area contributed by atoms with Crippen LogP contribution in [0.25, 0.3) is 112 Å². The quantitative estimate of drug-likeness (QED) is 0.154. The molecule has 0 bridgehead atoms.